The van der Waals surface area contributed by atoms with E-state index in [9.17, 15) is 0 Å². The van der Waals surface area contributed by atoms with Crippen molar-refractivity contribution in [3.63, 3.8) is 0 Å². The topological polar surface area (TPSA) is 0 Å². The quantitative estimate of drug-likeness (QED) is 0.495. The maximum atomic E-state index is 2.68. The third-order valence-corrected chi connectivity index (χ3v) is 8.24. The zero-order valence-electron chi connectivity index (χ0n) is 15.9. The van der Waals surface area contributed by atoms with Gasteiger partial charge in [0.05, 0.1) is 0 Å². The lowest BCUT2D eigenvalue weighted by Crippen LogP contribution is -2.41. The first-order chi connectivity index (χ1) is 12.1. The van der Waals surface area contributed by atoms with Gasteiger partial charge >= 0.3 is 0 Å². The van der Waals surface area contributed by atoms with E-state index in [0.717, 1.165) is 29.6 Å². The second-order valence-corrected chi connectivity index (χ2v) is 9.62. The van der Waals surface area contributed by atoms with Crippen molar-refractivity contribution in [1.29, 1.82) is 0 Å². The molecule has 0 bridgehead atoms. The molecule has 0 saturated heterocycles. The Morgan fingerprint density at radius 2 is 1.88 bits per heavy atom. The fourth-order valence-corrected chi connectivity index (χ4v) is 6.81. The Morgan fingerprint density at radius 3 is 2.72 bits per heavy atom. The van der Waals surface area contributed by atoms with Gasteiger partial charge in [-0.3, -0.25) is 0 Å². The Morgan fingerprint density at radius 1 is 1.04 bits per heavy atom. The number of hydrogen-bond acceptors (Lipinski definition) is 0. The predicted octanol–water partition coefficient (Wildman–Crippen LogP) is 6.82. The van der Waals surface area contributed by atoms with Crippen molar-refractivity contribution in [2.75, 3.05) is 0 Å². The molecule has 4 aliphatic carbocycles. The van der Waals surface area contributed by atoms with Crippen molar-refractivity contribution in [1.82, 2.24) is 0 Å². The molecule has 132 valence electrons. The Labute approximate surface area is 153 Å². The molecule has 1 unspecified atom stereocenters. The standard InChI is InChI=1S/C25H32/c1-17-5-7-18(8-6-17)19-9-11-21-20(16-19)10-12-23-22(21)13-15-25(2)14-3-4-24(23)25/h5-8,10,13,15,19,21-24H,3-4,9,11-12,14,16H2,1-2H3/t19?,21-,22+,23+,24-,25-/m0/s1. The molecule has 0 heteroatoms. The summed E-state index contributed by atoms with van der Waals surface area (Å²) in [4.78, 5) is 0. The first-order valence-electron chi connectivity index (χ1n) is 10.6. The number of aryl methyl sites for hydroxylation is 1. The highest BCUT2D eigenvalue weighted by Gasteiger charge is 2.49. The third kappa shape index (κ3) is 2.56. The highest BCUT2D eigenvalue weighted by molar-refractivity contribution is 5.31. The Bertz CT molecular complexity index is 706. The lowest BCUT2D eigenvalue weighted by molar-refractivity contribution is 0.107. The SMILES string of the molecule is Cc1ccc(C2CC[C@H]3C(=CC[C@@H]4[C@@H]3C=C[C@]3(C)CCC[C@@H]43)C2)cc1. The minimum absolute atomic E-state index is 0.519. The van der Waals surface area contributed by atoms with Gasteiger partial charge in [0, 0.05) is 0 Å². The molecule has 0 radical (unpaired) electrons. The highest BCUT2D eigenvalue weighted by Crippen LogP contribution is 2.59. The van der Waals surface area contributed by atoms with Gasteiger partial charge in [-0.05, 0) is 86.0 Å². The van der Waals surface area contributed by atoms with Gasteiger partial charge in [-0.2, -0.15) is 0 Å². The summed E-state index contributed by atoms with van der Waals surface area (Å²) in [6.07, 6.45) is 17.8. The Kier molecular flexibility index (Phi) is 3.73. The summed E-state index contributed by atoms with van der Waals surface area (Å²) in [5, 5.41) is 0. The molecule has 0 N–H and O–H groups in total. The minimum Gasteiger partial charge on any atom is -0.0847 e. The smallest absolute Gasteiger partial charge is 0.0115 e. The van der Waals surface area contributed by atoms with Crippen LogP contribution in [0.5, 0.6) is 0 Å². The van der Waals surface area contributed by atoms with Crippen molar-refractivity contribution in [2.45, 2.75) is 64.7 Å². The number of fused-ring (bicyclic) bond motifs is 5. The van der Waals surface area contributed by atoms with E-state index in [2.05, 4.69) is 56.3 Å². The van der Waals surface area contributed by atoms with E-state index in [1.165, 1.54) is 50.5 Å². The van der Waals surface area contributed by atoms with Crippen molar-refractivity contribution < 1.29 is 0 Å². The normalized spacial score (nSPS) is 42.3. The van der Waals surface area contributed by atoms with Crippen molar-refractivity contribution in [3.8, 4) is 0 Å². The van der Waals surface area contributed by atoms with Gasteiger partial charge in [0.2, 0.25) is 0 Å². The van der Waals surface area contributed by atoms with Crippen LogP contribution >= 0.6 is 0 Å². The lowest BCUT2D eigenvalue weighted by atomic mass is 9.55. The van der Waals surface area contributed by atoms with Crippen LogP contribution in [0.3, 0.4) is 0 Å². The monoisotopic (exact) mass is 332 g/mol. The summed E-state index contributed by atoms with van der Waals surface area (Å²) >= 11 is 0. The summed E-state index contributed by atoms with van der Waals surface area (Å²) in [5.41, 5.74) is 5.26. The average Bonchev–Trinajstić information content (AvgIpc) is 3.03. The second-order valence-electron chi connectivity index (χ2n) is 9.62. The zero-order valence-corrected chi connectivity index (χ0v) is 15.9. The van der Waals surface area contributed by atoms with Crippen molar-refractivity contribution in [2.24, 2.45) is 29.1 Å². The summed E-state index contributed by atoms with van der Waals surface area (Å²) < 4.78 is 0. The largest absolute Gasteiger partial charge is 0.0847 e. The zero-order chi connectivity index (χ0) is 17.0. The van der Waals surface area contributed by atoms with Crippen molar-refractivity contribution >= 4 is 0 Å². The molecule has 6 atom stereocenters. The maximum absolute atomic E-state index is 2.68. The van der Waals surface area contributed by atoms with E-state index in [4.69, 9.17) is 0 Å². The minimum atomic E-state index is 0.519. The van der Waals surface area contributed by atoms with Crippen LogP contribution in [0, 0.1) is 36.0 Å². The molecule has 5 rings (SSSR count). The number of rotatable bonds is 1. The Balaban J connectivity index is 1.38. The summed E-state index contributed by atoms with van der Waals surface area (Å²) in [6.45, 7) is 4.72. The fourth-order valence-electron chi connectivity index (χ4n) is 6.81. The van der Waals surface area contributed by atoms with E-state index in [-0.39, 0.29) is 0 Å². The van der Waals surface area contributed by atoms with Crippen LogP contribution in [0.1, 0.15) is 68.9 Å². The molecule has 0 nitrogen and oxygen atoms in total. The van der Waals surface area contributed by atoms with Crippen LogP contribution in [0.4, 0.5) is 0 Å². The molecule has 4 aliphatic rings. The van der Waals surface area contributed by atoms with Crippen LogP contribution in [-0.2, 0) is 0 Å². The van der Waals surface area contributed by atoms with Crippen molar-refractivity contribution in [3.05, 3.63) is 59.2 Å². The molecule has 2 fully saturated rings. The van der Waals surface area contributed by atoms with Gasteiger partial charge in [0.1, 0.15) is 0 Å². The van der Waals surface area contributed by atoms with Crippen LogP contribution in [0.25, 0.3) is 0 Å². The van der Waals surface area contributed by atoms with Gasteiger partial charge in [-0.1, -0.05) is 67.0 Å². The van der Waals surface area contributed by atoms with E-state index in [1.54, 1.807) is 11.1 Å². The first-order valence-corrected chi connectivity index (χ1v) is 10.6. The highest BCUT2D eigenvalue weighted by atomic mass is 14.5. The number of allylic oxidation sites excluding steroid dienone is 4. The maximum Gasteiger partial charge on any atom is -0.0115 e. The van der Waals surface area contributed by atoms with E-state index < -0.39 is 0 Å². The number of benzene rings is 1. The Hall–Kier alpha value is -1.30. The van der Waals surface area contributed by atoms with Crippen LogP contribution in [0.15, 0.2) is 48.1 Å². The molecule has 0 heterocycles. The molecule has 0 aromatic heterocycles. The van der Waals surface area contributed by atoms with E-state index in [0.29, 0.717) is 5.41 Å². The summed E-state index contributed by atoms with van der Waals surface area (Å²) in [7, 11) is 0. The van der Waals surface area contributed by atoms with E-state index in [1.807, 2.05) is 0 Å². The lowest BCUT2D eigenvalue weighted by Gasteiger charge is -2.49. The molecule has 2 saturated carbocycles. The second kappa shape index (κ2) is 5.86. The molecule has 1 aromatic rings. The van der Waals surface area contributed by atoms with Crippen LogP contribution in [0.2, 0.25) is 0 Å². The van der Waals surface area contributed by atoms with Gasteiger partial charge in [0.15, 0.2) is 0 Å². The third-order valence-electron chi connectivity index (χ3n) is 8.24. The van der Waals surface area contributed by atoms with Gasteiger partial charge in [0.25, 0.3) is 0 Å². The number of hydrogen-bond donors (Lipinski definition) is 0. The molecule has 0 aliphatic heterocycles. The molecule has 0 spiro atoms. The first kappa shape index (κ1) is 15.9. The fraction of sp³-hybridized carbons (Fsp3) is 0.600. The summed E-state index contributed by atoms with van der Waals surface area (Å²) in [6, 6.07) is 9.32. The van der Waals surface area contributed by atoms with Crippen LogP contribution < -0.4 is 0 Å². The summed E-state index contributed by atoms with van der Waals surface area (Å²) in [5.74, 6) is 4.33. The van der Waals surface area contributed by atoms with E-state index >= 15 is 0 Å². The molecule has 0 amide bonds. The molecule has 1 aromatic carbocycles. The predicted molar refractivity (Wildman–Crippen MR) is 106 cm³/mol. The van der Waals surface area contributed by atoms with Gasteiger partial charge < -0.3 is 0 Å². The van der Waals surface area contributed by atoms with Gasteiger partial charge in [-0.15, -0.1) is 0 Å². The molecular formula is C25H32. The van der Waals surface area contributed by atoms with Crippen LogP contribution in [-0.4, -0.2) is 0 Å². The molecule has 25 heavy (non-hydrogen) atoms. The molecular weight excluding hydrogens is 300 g/mol. The van der Waals surface area contributed by atoms with Gasteiger partial charge in [-0.25, -0.2) is 0 Å². The average molecular weight is 333 g/mol.